The van der Waals surface area contributed by atoms with Gasteiger partial charge in [0.05, 0.1) is 24.0 Å². The fraction of sp³-hybridized carbons (Fsp3) is 0.381. The van der Waals surface area contributed by atoms with Crippen molar-refractivity contribution in [3.05, 3.63) is 53.9 Å². The molecule has 1 aromatic carbocycles. The van der Waals surface area contributed by atoms with Gasteiger partial charge in [-0.25, -0.2) is 4.98 Å². The first-order valence-electron chi connectivity index (χ1n) is 9.85. The number of hydrogen-bond acceptors (Lipinski definition) is 7. The van der Waals surface area contributed by atoms with E-state index in [4.69, 9.17) is 9.26 Å². The van der Waals surface area contributed by atoms with Gasteiger partial charge in [0, 0.05) is 25.1 Å². The second kappa shape index (κ2) is 7.27. The van der Waals surface area contributed by atoms with E-state index in [-0.39, 0.29) is 12.0 Å². The molecule has 8 nitrogen and oxygen atoms in total. The Balaban J connectivity index is 1.29. The minimum atomic E-state index is -0.122. The number of para-hydroxylation sites is 1. The largest absolute Gasteiger partial charge is 0.488 e. The Morgan fingerprint density at radius 2 is 2.03 bits per heavy atom. The van der Waals surface area contributed by atoms with Crippen molar-refractivity contribution >= 4 is 5.91 Å². The van der Waals surface area contributed by atoms with Gasteiger partial charge in [-0.15, -0.1) is 0 Å². The lowest BCUT2D eigenvalue weighted by atomic mass is 10.2. The Bertz CT molecular complexity index is 1030. The Kier molecular flexibility index (Phi) is 4.46. The van der Waals surface area contributed by atoms with Crippen molar-refractivity contribution in [3.8, 4) is 17.2 Å². The van der Waals surface area contributed by atoms with Crippen molar-refractivity contribution in [3.63, 3.8) is 0 Å². The lowest BCUT2D eigenvalue weighted by Crippen LogP contribution is -2.31. The van der Waals surface area contributed by atoms with E-state index in [0.717, 1.165) is 36.3 Å². The standard InChI is InChI=1S/C21H21N5O3/c1-13-10-23-17(11-22-13)21(27)26-9-8-15(12-26)28-18-5-3-2-4-16(18)20-24-19(25-29-20)14-6-7-14/h2-5,10-11,14-15H,6-9,12H2,1H3. The SMILES string of the molecule is Cc1cnc(C(=O)N2CCC(Oc3ccccc3-c3nc(C4CC4)no3)C2)cn1. The predicted molar refractivity (Wildman–Crippen MR) is 103 cm³/mol. The van der Waals surface area contributed by atoms with Crippen LogP contribution in [0, 0.1) is 6.92 Å². The highest BCUT2D eigenvalue weighted by atomic mass is 16.5. The number of rotatable bonds is 5. The van der Waals surface area contributed by atoms with Crippen LogP contribution in [0.15, 0.2) is 41.2 Å². The molecule has 2 aromatic heterocycles. The van der Waals surface area contributed by atoms with Crippen LogP contribution in [0.2, 0.25) is 0 Å². The highest BCUT2D eigenvalue weighted by molar-refractivity contribution is 5.92. The molecule has 2 fully saturated rings. The van der Waals surface area contributed by atoms with Crippen molar-refractivity contribution in [1.29, 1.82) is 0 Å². The molecule has 8 heteroatoms. The van der Waals surface area contributed by atoms with Crippen LogP contribution in [0.3, 0.4) is 0 Å². The van der Waals surface area contributed by atoms with Crippen molar-refractivity contribution in [2.24, 2.45) is 0 Å². The van der Waals surface area contributed by atoms with Gasteiger partial charge in [0.2, 0.25) is 0 Å². The zero-order valence-electron chi connectivity index (χ0n) is 16.1. The van der Waals surface area contributed by atoms with E-state index in [2.05, 4.69) is 20.1 Å². The highest BCUT2D eigenvalue weighted by Crippen LogP contribution is 2.39. The minimum absolute atomic E-state index is 0.107. The number of benzene rings is 1. The van der Waals surface area contributed by atoms with E-state index < -0.39 is 0 Å². The quantitative estimate of drug-likeness (QED) is 0.660. The monoisotopic (exact) mass is 391 g/mol. The molecule has 0 spiro atoms. The molecule has 1 saturated heterocycles. The number of likely N-dealkylation sites (tertiary alicyclic amines) is 1. The molecular weight excluding hydrogens is 370 g/mol. The minimum Gasteiger partial charge on any atom is -0.488 e. The molecule has 5 rings (SSSR count). The summed E-state index contributed by atoms with van der Waals surface area (Å²) in [5.74, 6) is 2.24. The first kappa shape index (κ1) is 17.8. The predicted octanol–water partition coefficient (Wildman–Crippen LogP) is 3.01. The summed E-state index contributed by atoms with van der Waals surface area (Å²) < 4.78 is 11.7. The molecule has 1 aliphatic heterocycles. The van der Waals surface area contributed by atoms with Gasteiger partial charge in [-0.1, -0.05) is 17.3 Å². The van der Waals surface area contributed by atoms with Gasteiger partial charge >= 0.3 is 0 Å². The normalized spacial score (nSPS) is 18.8. The van der Waals surface area contributed by atoms with E-state index >= 15 is 0 Å². The number of carbonyl (C=O) groups excluding carboxylic acids is 1. The fourth-order valence-corrected chi connectivity index (χ4v) is 3.45. The number of nitrogens with zero attached hydrogens (tertiary/aromatic N) is 5. The van der Waals surface area contributed by atoms with Crippen LogP contribution in [-0.4, -0.2) is 50.1 Å². The van der Waals surface area contributed by atoms with Crippen LogP contribution in [-0.2, 0) is 0 Å². The van der Waals surface area contributed by atoms with E-state index in [1.54, 1.807) is 11.1 Å². The number of aromatic nitrogens is 4. The third-order valence-electron chi connectivity index (χ3n) is 5.23. The second-order valence-electron chi connectivity index (χ2n) is 7.55. The van der Waals surface area contributed by atoms with Crippen LogP contribution >= 0.6 is 0 Å². The highest BCUT2D eigenvalue weighted by Gasteiger charge is 2.31. The molecule has 3 heterocycles. The zero-order valence-corrected chi connectivity index (χ0v) is 16.1. The molecule has 2 aliphatic rings. The molecule has 29 heavy (non-hydrogen) atoms. The molecule has 1 saturated carbocycles. The first-order chi connectivity index (χ1) is 14.2. The number of carbonyl (C=O) groups is 1. The molecular formula is C21H21N5O3. The zero-order chi connectivity index (χ0) is 19.8. The Labute approximate surface area is 167 Å². The van der Waals surface area contributed by atoms with Crippen LogP contribution in [0.4, 0.5) is 0 Å². The van der Waals surface area contributed by atoms with Crippen LogP contribution in [0.1, 0.15) is 47.2 Å². The number of aryl methyl sites for hydroxylation is 1. The second-order valence-corrected chi connectivity index (χ2v) is 7.55. The van der Waals surface area contributed by atoms with Crippen molar-refractivity contribution in [2.45, 2.75) is 38.2 Å². The molecule has 0 N–H and O–H groups in total. The van der Waals surface area contributed by atoms with Gasteiger partial charge in [-0.2, -0.15) is 4.98 Å². The van der Waals surface area contributed by atoms with Gasteiger partial charge in [-0.05, 0) is 31.9 Å². The third kappa shape index (κ3) is 3.70. The van der Waals surface area contributed by atoms with E-state index in [1.165, 1.54) is 6.20 Å². The van der Waals surface area contributed by atoms with Crippen molar-refractivity contribution in [1.82, 2.24) is 25.0 Å². The number of ether oxygens (including phenoxy) is 1. The average molecular weight is 391 g/mol. The van der Waals surface area contributed by atoms with Gasteiger partial charge < -0.3 is 14.2 Å². The van der Waals surface area contributed by atoms with Crippen molar-refractivity contribution in [2.75, 3.05) is 13.1 Å². The molecule has 1 unspecified atom stereocenters. The third-order valence-corrected chi connectivity index (χ3v) is 5.23. The smallest absolute Gasteiger partial charge is 0.274 e. The first-order valence-corrected chi connectivity index (χ1v) is 9.85. The topological polar surface area (TPSA) is 94.2 Å². The van der Waals surface area contributed by atoms with Crippen LogP contribution in [0.5, 0.6) is 5.75 Å². The maximum atomic E-state index is 12.7. The Hall–Kier alpha value is -3.29. The van der Waals surface area contributed by atoms with Gasteiger partial charge in [0.15, 0.2) is 5.82 Å². The molecule has 1 amide bonds. The van der Waals surface area contributed by atoms with Gasteiger partial charge in [-0.3, -0.25) is 9.78 Å². The Morgan fingerprint density at radius 3 is 2.83 bits per heavy atom. The molecule has 0 radical (unpaired) electrons. The van der Waals surface area contributed by atoms with Crippen molar-refractivity contribution < 1.29 is 14.1 Å². The fourth-order valence-electron chi connectivity index (χ4n) is 3.45. The number of amides is 1. The van der Waals surface area contributed by atoms with Gasteiger partial charge in [0.1, 0.15) is 17.5 Å². The van der Waals surface area contributed by atoms with E-state index in [0.29, 0.717) is 36.3 Å². The maximum absolute atomic E-state index is 12.7. The summed E-state index contributed by atoms with van der Waals surface area (Å²) in [5, 5.41) is 4.10. The summed E-state index contributed by atoms with van der Waals surface area (Å²) in [6.45, 7) is 2.96. The lowest BCUT2D eigenvalue weighted by molar-refractivity contribution is 0.0766. The summed E-state index contributed by atoms with van der Waals surface area (Å²) in [7, 11) is 0. The summed E-state index contributed by atoms with van der Waals surface area (Å²) in [5.41, 5.74) is 1.92. The molecule has 1 atom stereocenters. The van der Waals surface area contributed by atoms with Crippen LogP contribution in [0.25, 0.3) is 11.5 Å². The van der Waals surface area contributed by atoms with E-state index in [9.17, 15) is 4.79 Å². The molecule has 3 aromatic rings. The van der Waals surface area contributed by atoms with Crippen LogP contribution < -0.4 is 4.74 Å². The Morgan fingerprint density at radius 1 is 1.17 bits per heavy atom. The summed E-state index contributed by atoms with van der Waals surface area (Å²) in [4.78, 5) is 27.3. The summed E-state index contributed by atoms with van der Waals surface area (Å²) in [6.07, 6.45) is 6.01. The molecule has 1 aliphatic carbocycles. The van der Waals surface area contributed by atoms with Gasteiger partial charge in [0.25, 0.3) is 11.8 Å². The lowest BCUT2D eigenvalue weighted by Gasteiger charge is -2.17. The molecule has 148 valence electrons. The number of hydrogen-bond donors (Lipinski definition) is 0. The average Bonchev–Trinajstić information content (AvgIpc) is 3.29. The maximum Gasteiger partial charge on any atom is 0.274 e. The van der Waals surface area contributed by atoms with E-state index in [1.807, 2.05) is 31.2 Å². The summed E-state index contributed by atoms with van der Waals surface area (Å²) in [6, 6.07) is 7.64. The summed E-state index contributed by atoms with van der Waals surface area (Å²) >= 11 is 0. The molecule has 0 bridgehead atoms.